The van der Waals surface area contributed by atoms with E-state index in [1.54, 1.807) is 13.2 Å². The highest BCUT2D eigenvalue weighted by Gasteiger charge is 2.27. The zero-order valence-electron chi connectivity index (χ0n) is 11.6. The molecule has 2 rings (SSSR count). The molecule has 2 unspecified atom stereocenters. The SMILES string of the molecule is CCC1COC(C)CN1c1cc(Cl)nc(COC)n1. The second-order valence-electron chi connectivity index (χ2n) is 4.76. The Morgan fingerprint density at radius 2 is 2.32 bits per heavy atom. The first-order valence-corrected chi connectivity index (χ1v) is 6.92. The number of aromatic nitrogens is 2. The number of anilines is 1. The summed E-state index contributed by atoms with van der Waals surface area (Å²) >= 11 is 6.07. The predicted octanol–water partition coefficient (Wildman–Crippen LogP) is 2.28. The molecule has 106 valence electrons. The normalized spacial score (nSPS) is 23.7. The number of methoxy groups -OCH3 is 1. The summed E-state index contributed by atoms with van der Waals surface area (Å²) in [6, 6.07) is 2.14. The van der Waals surface area contributed by atoms with Crippen molar-refractivity contribution in [3.8, 4) is 0 Å². The van der Waals surface area contributed by atoms with Crippen LogP contribution in [-0.2, 0) is 16.1 Å². The summed E-state index contributed by atoms with van der Waals surface area (Å²) in [6.07, 6.45) is 1.20. The van der Waals surface area contributed by atoms with E-state index in [0.29, 0.717) is 23.6 Å². The quantitative estimate of drug-likeness (QED) is 0.794. The van der Waals surface area contributed by atoms with Gasteiger partial charge in [0.15, 0.2) is 5.82 Å². The molecule has 1 aliphatic rings. The highest BCUT2D eigenvalue weighted by Crippen LogP contribution is 2.23. The van der Waals surface area contributed by atoms with Crippen LogP contribution < -0.4 is 4.90 Å². The van der Waals surface area contributed by atoms with Crippen LogP contribution in [0.5, 0.6) is 0 Å². The highest BCUT2D eigenvalue weighted by molar-refractivity contribution is 6.29. The van der Waals surface area contributed by atoms with E-state index in [1.807, 2.05) is 0 Å². The molecule has 1 aromatic heterocycles. The van der Waals surface area contributed by atoms with Crippen molar-refractivity contribution in [1.82, 2.24) is 9.97 Å². The number of halogens is 1. The molecule has 0 N–H and O–H groups in total. The second kappa shape index (κ2) is 6.50. The number of hydrogen-bond acceptors (Lipinski definition) is 5. The molecule has 6 heteroatoms. The fourth-order valence-corrected chi connectivity index (χ4v) is 2.45. The first-order chi connectivity index (χ1) is 9.13. The first-order valence-electron chi connectivity index (χ1n) is 6.54. The number of ether oxygens (including phenoxy) is 2. The Balaban J connectivity index is 2.27. The van der Waals surface area contributed by atoms with Crippen LogP contribution in [0.3, 0.4) is 0 Å². The fourth-order valence-electron chi connectivity index (χ4n) is 2.26. The van der Waals surface area contributed by atoms with Gasteiger partial charge in [0.2, 0.25) is 0 Å². The Morgan fingerprint density at radius 3 is 3.00 bits per heavy atom. The van der Waals surface area contributed by atoms with Gasteiger partial charge in [0, 0.05) is 19.7 Å². The Kier molecular flexibility index (Phi) is 4.96. The summed E-state index contributed by atoms with van der Waals surface area (Å²) in [5.41, 5.74) is 0. The van der Waals surface area contributed by atoms with Crippen LogP contribution in [0.25, 0.3) is 0 Å². The zero-order valence-corrected chi connectivity index (χ0v) is 12.4. The van der Waals surface area contributed by atoms with E-state index < -0.39 is 0 Å². The van der Waals surface area contributed by atoms with Gasteiger partial charge in [-0.25, -0.2) is 9.97 Å². The summed E-state index contributed by atoms with van der Waals surface area (Å²) in [5.74, 6) is 1.47. The lowest BCUT2D eigenvalue weighted by molar-refractivity contribution is 0.0295. The Morgan fingerprint density at radius 1 is 1.53 bits per heavy atom. The molecule has 0 saturated carbocycles. The molecule has 1 fully saturated rings. The summed E-state index contributed by atoms with van der Waals surface area (Å²) in [4.78, 5) is 10.9. The third-order valence-corrected chi connectivity index (χ3v) is 3.43. The van der Waals surface area contributed by atoms with E-state index >= 15 is 0 Å². The molecule has 1 aromatic rings. The number of hydrogen-bond donors (Lipinski definition) is 0. The van der Waals surface area contributed by atoms with Crippen LogP contribution >= 0.6 is 11.6 Å². The summed E-state index contributed by atoms with van der Waals surface area (Å²) in [6.45, 7) is 6.12. The molecule has 0 aromatic carbocycles. The van der Waals surface area contributed by atoms with Gasteiger partial charge >= 0.3 is 0 Å². The van der Waals surface area contributed by atoms with Gasteiger partial charge in [0.05, 0.1) is 18.8 Å². The lowest BCUT2D eigenvalue weighted by atomic mass is 10.1. The van der Waals surface area contributed by atoms with E-state index in [4.69, 9.17) is 21.1 Å². The van der Waals surface area contributed by atoms with E-state index in [-0.39, 0.29) is 6.10 Å². The maximum absolute atomic E-state index is 6.07. The topological polar surface area (TPSA) is 47.5 Å². The van der Waals surface area contributed by atoms with Crippen molar-refractivity contribution in [2.45, 2.75) is 39.0 Å². The van der Waals surface area contributed by atoms with Gasteiger partial charge in [-0.3, -0.25) is 0 Å². The third kappa shape index (κ3) is 3.55. The van der Waals surface area contributed by atoms with Gasteiger partial charge in [0.25, 0.3) is 0 Å². The van der Waals surface area contributed by atoms with Gasteiger partial charge in [-0.15, -0.1) is 0 Å². The van der Waals surface area contributed by atoms with Crippen LogP contribution in [0, 0.1) is 0 Å². The van der Waals surface area contributed by atoms with Crippen LogP contribution in [-0.4, -0.2) is 42.4 Å². The van der Waals surface area contributed by atoms with Gasteiger partial charge in [-0.2, -0.15) is 0 Å². The molecule has 1 saturated heterocycles. The number of rotatable bonds is 4. The molecule has 0 aliphatic carbocycles. The van der Waals surface area contributed by atoms with Crippen LogP contribution in [0.15, 0.2) is 6.07 Å². The van der Waals surface area contributed by atoms with Crippen molar-refractivity contribution in [3.05, 3.63) is 17.0 Å². The van der Waals surface area contributed by atoms with Crippen LogP contribution in [0.4, 0.5) is 5.82 Å². The number of morpholine rings is 1. The number of nitrogens with zero attached hydrogens (tertiary/aromatic N) is 3. The van der Waals surface area contributed by atoms with Crippen molar-refractivity contribution in [1.29, 1.82) is 0 Å². The van der Waals surface area contributed by atoms with Crippen LogP contribution in [0.2, 0.25) is 5.15 Å². The second-order valence-corrected chi connectivity index (χ2v) is 5.14. The van der Waals surface area contributed by atoms with Crippen molar-refractivity contribution in [3.63, 3.8) is 0 Å². The molecule has 0 amide bonds. The molecule has 2 atom stereocenters. The van der Waals surface area contributed by atoms with Gasteiger partial charge in [-0.1, -0.05) is 18.5 Å². The molecule has 2 heterocycles. The zero-order chi connectivity index (χ0) is 13.8. The molecule has 1 aliphatic heterocycles. The Hall–Kier alpha value is -0.910. The molecule has 0 spiro atoms. The van der Waals surface area contributed by atoms with Crippen molar-refractivity contribution < 1.29 is 9.47 Å². The molecule has 19 heavy (non-hydrogen) atoms. The van der Waals surface area contributed by atoms with Crippen molar-refractivity contribution in [2.24, 2.45) is 0 Å². The van der Waals surface area contributed by atoms with Crippen LogP contribution in [0.1, 0.15) is 26.1 Å². The molecule has 0 bridgehead atoms. The maximum atomic E-state index is 6.07. The van der Waals surface area contributed by atoms with Crippen molar-refractivity contribution in [2.75, 3.05) is 25.2 Å². The molecule has 0 radical (unpaired) electrons. The Labute approximate surface area is 118 Å². The van der Waals surface area contributed by atoms with E-state index in [0.717, 1.165) is 25.4 Å². The van der Waals surface area contributed by atoms with Gasteiger partial charge in [-0.05, 0) is 13.3 Å². The molecule has 5 nitrogen and oxygen atoms in total. The van der Waals surface area contributed by atoms with E-state index in [2.05, 4.69) is 28.7 Å². The monoisotopic (exact) mass is 285 g/mol. The minimum absolute atomic E-state index is 0.197. The predicted molar refractivity (Wildman–Crippen MR) is 74.6 cm³/mol. The smallest absolute Gasteiger partial charge is 0.158 e. The minimum Gasteiger partial charge on any atom is -0.377 e. The third-order valence-electron chi connectivity index (χ3n) is 3.23. The Bertz CT molecular complexity index is 430. The average molecular weight is 286 g/mol. The van der Waals surface area contributed by atoms with E-state index in [1.165, 1.54) is 0 Å². The van der Waals surface area contributed by atoms with Gasteiger partial charge < -0.3 is 14.4 Å². The van der Waals surface area contributed by atoms with E-state index in [9.17, 15) is 0 Å². The lowest BCUT2D eigenvalue weighted by Crippen LogP contribution is -2.49. The largest absolute Gasteiger partial charge is 0.377 e. The summed E-state index contributed by atoms with van der Waals surface area (Å²) in [5, 5.41) is 0.450. The fraction of sp³-hybridized carbons (Fsp3) is 0.692. The van der Waals surface area contributed by atoms with Gasteiger partial charge in [0.1, 0.15) is 17.6 Å². The summed E-state index contributed by atoms with van der Waals surface area (Å²) in [7, 11) is 1.62. The minimum atomic E-state index is 0.197. The summed E-state index contributed by atoms with van der Waals surface area (Å²) < 4.78 is 10.8. The molecular weight excluding hydrogens is 266 g/mol. The first kappa shape index (κ1) is 14.5. The lowest BCUT2D eigenvalue weighted by Gasteiger charge is -2.39. The highest BCUT2D eigenvalue weighted by atomic mass is 35.5. The maximum Gasteiger partial charge on any atom is 0.158 e. The standard InChI is InChI=1S/C13H20ClN3O2/c1-4-10-7-19-9(2)6-17(10)13-5-11(14)15-12(16-13)8-18-3/h5,9-10H,4,6-8H2,1-3H3. The average Bonchev–Trinajstić information content (AvgIpc) is 2.38. The molecular formula is C13H20ClN3O2. The van der Waals surface area contributed by atoms with Crippen molar-refractivity contribution >= 4 is 17.4 Å².